The number of nitrogens with zero attached hydrogens (tertiary/aromatic N) is 2. The fourth-order valence-corrected chi connectivity index (χ4v) is 4.19. The van der Waals surface area contributed by atoms with Crippen molar-refractivity contribution in [3.63, 3.8) is 0 Å². The van der Waals surface area contributed by atoms with E-state index in [2.05, 4.69) is 47.0 Å². The minimum atomic E-state index is -0.864. The highest BCUT2D eigenvalue weighted by molar-refractivity contribution is 5.92. The Hall–Kier alpha value is -3.59. The number of hydrazine groups is 1. The molecule has 0 aliphatic carbocycles. The maximum absolute atomic E-state index is 12.8. The fraction of sp³-hybridized carbons (Fsp3) is 0.483. The first-order valence-corrected chi connectivity index (χ1v) is 13.1. The monoisotopic (exact) mass is 521 g/mol. The summed E-state index contributed by atoms with van der Waals surface area (Å²) in [6.45, 7) is 11.0. The summed E-state index contributed by atoms with van der Waals surface area (Å²) in [5, 5.41) is 8.81. The zero-order chi connectivity index (χ0) is 28.0. The molecule has 1 aromatic carbocycles. The third-order valence-corrected chi connectivity index (χ3v) is 6.74. The molecule has 3 amide bonds. The van der Waals surface area contributed by atoms with Crippen molar-refractivity contribution in [3.05, 3.63) is 47.8 Å². The van der Waals surface area contributed by atoms with Gasteiger partial charge in [0.05, 0.1) is 18.0 Å². The van der Waals surface area contributed by atoms with Crippen molar-refractivity contribution >= 4 is 40.4 Å². The van der Waals surface area contributed by atoms with Gasteiger partial charge in [-0.1, -0.05) is 38.1 Å². The molecule has 9 heteroatoms. The van der Waals surface area contributed by atoms with Gasteiger partial charge in [0.25, 0.3) is 5.91 Å². The third kappa shape index (κ3) is 7.47. The first-order valence-electron chi connectivity index (χ1n) is 13.1. The molecule has 0 radical (unpaired) electrons. The zero-order valence-corrected chi connectivity index (χ0v) is 23.1. The lowest BCUT2D eigenvalue weighted by molar-refractivity contribution is -0.142. The van der Waals surface area contributed by atoms with Crippen molar-refractivity contribution in [2.75, 3.05) is 13.1 Å². The Morgan fingerprint density at radius 1 is 1.16 bits per heavy atom. The second-order valence-electron chi connectivity index (χ2n) is 10.8. The highest BCUT2D eigenvalue weighted by atomic mass is 16.2. The smallest absolute Gasteiger partial charge is 0.258 e. The van der Waals surface area contributed by atoms with Gasteiger partial charge in [0, 0.05) is 23.8 Å². The minimum absolute atomic E-state index is 0.0308. The van der Waals surface area contributed by atoms with E-state index in [4.69, 9.17) is 0 Å². The molecule has 38 heavy (non-hydrogen) atoms. The van der Waals surface area contributed by atoms with Gasteiger partial charge >= 0.3 is 0 Å². The summed E-state index contributed by atoms with van der Waals surface area (Å²) in [4.78, 5) is 54.1. The van der Waals surface area contributed by atoms with Crippen molar-refractivity contribution in [1.82, 2.24) is 26.1 Å². The topological polar surface area (TPSA) is 121 Å². The van der Waals surface area contributed by atoms with E-state index in [1.165, 1.54) is 11.9 Å². The fourth-order valence-electron chi connectivity index (χ4n) is 4.19. The number of rotatable bonds is 9. The van der Waals surface area contributed by atoms with Crippen molar-refractivity contribution in [2.45, 2.75) is 72.4 Å². The third-order valence-electron chi connectivity index (χ3n) is 6.74. The van der Waals surface area contributed by atoms with E-state index in [1.54, 1.807) is 20.8 Å². The summed E-state index contributed by atoms with van der Waals surface area (Å²) in [7, 11) is 0. The van der Waals surface area contributed by atoms with Crippen LogP contribution in [0.15, 0.2) is 36.5 Å². The second kappa shape index (κ2) is 12.3. The predicted molar refractivity (Wildman–Crippen MR) is 148 cm³/mol. The molecule has 0 bridgehead atoms. The van der Waals surface area contributed by atoms with E-state index >= 15 is 0 Å². The largest absolute Gasteiger partial charge is 0.346 e. The number of carbonyl (C=O) groups excluding carboxylic acids is 4. The van der Waals surface area contributed by atoms with E-state index in [9.17, 15) is 19.2 Å². The quantitative estimate of drug-likeness (QED) is 0.466. The average Bonchev–Trinajstić information content (AvgIpc) is 2.89. The van der Waals surface area contributed by atoms with Crippen molar-refractivity contribution in [1.29, 1.82) is 0 Å². The lowest BCUT2D eigenvalue weighted by Gasteiger charge is -2.34. The Bertz CT molecular complexity index is 1240. The van der Waals surface area contributed by atoms with Gasteiger partial charge in [-0.3, -0.25) is 29.2 Å². The van der Waals surface area contributed by atoms with E-state index in [1.807, 2.05) is 30.5 Å². The first-order chi connectivity index (χ1) is 17.9. The van der Waals surface area contributed by atoms with Gasteiger partial charge in [-0.15, -0.1) is 0 Å². The molecule has 204 valence electrons. The molecule has 1 aliphatic rings. The summed E-state index contributed by atoms with van der Waals surface area (Å²) in [6, 6.07) is 6.94. The van der Waals surface area contributed by atoms with Crippen LogP contribution in [0.5, 0.6) is 0 Å². The molecule has 3 rings (SSSR count). The molecule has 2 atom stereocenters. The summed E-state index contributed by atoms with van der Waals surface area (Å²) >= 11 is 0. The van der Waals surface area contributed by atoms with Crippen molar-refractivity contribution in [2.24, 2.45) is 5.41 Å². The van der Waals surface area contributed by atoms with Gasteiger partial charge in [-0.25, -0.2) is 5.43 Å². The zero-order valence-electron chi connectivity index (χ0n) is 23.1. The number of Topliss-reactive ketones (excluding diaryl/α,β-unsaturated/α-hetero) is 1. The average molecular weight is 522 g/mol. The van der Waals surface area contributed by atoms with Crippen molar-refractivity contribution in [3.8, 4) is 0 Å². The number of aromatic nitrogens is 1. The number of benzene rings is 1. The van der Waals surface area contributed by atoms with Crippen LogP contribution >= 0.6 is 0 Å². The van der Waals surface area contributed by atoms with Crippen LogP contribution < -0.4 is 16.1 Å². The minimum Gasteiger partial charge on any atom is -0.346 e. The predicted octanol–water partition coefficient (Wildman–Crippen LogP) is 3.10. The number of hydrogen-bond acceptors (Lipinski definition) is 6. The Morgan fingerprint density at radius 3 is 2.58 bits per heavy atom. The second-order valence-corrected chi connectivity index (χ2v) is 10.8. The molecule has 3 N–H and O–H groups in total. The Balaban J connectivity index is 1.53. The lowest BCUT2D eigenvalue weighted by atomic mass is 9.90. The van der Waals surface area contributed by atoms with Crippen LogP contribution in [0.4, 0.5) is 0 Å². The van der Waals surface area contributed by atoms with Crippen LogP contribution in [0.1, 0.15) is 71.6 Å². The number of pyridine rings is 1. The van der Waals surface area contributed by atoms with Crippen LogP contribution in [0.25, 0.3) is 16.8 Å². The van der Waals surface area contributed by atoms with E-state index < -0.39 is 23.4 Å². The van der Waals surface area contributed by atoms with Crippen LogP contribution in [0.3, 0.4) is 0 Å². The molecular weight excluding hydrogens is 482 g/mol. The molecule has 2 heterocycles. The molecule has 1 fully saturated rings. The summed E-state index contributed by atoms with van der Waals surface area (Å²) in [5.74, 6) is -0.803. The molecule has 1 aromatic heterocycles. The van der Waals surface area contributed by atoms with Gasteiger partial charge in [0.2, 0.25) is 11.8 Å². The highest BCUT2D eigenvalue weighted by Crippen LogP contribution is 2.23. The van der Waals surface area contributed by atoms with Gasteiger partial charge in [-0.05, 0) is 69.5 Å². The number of amides is 3. The number of carbonyl (C=O) groups is 4. The SMILES string of the molecule is CC(=O)C1CCCN(C(=O)C(C)NC(=O)CNC(=O)C(C)(C)/C=C/c2ccc3cnc(C(C)C)cc3c2)N1. The van der Waals surface area contributed by atoms with Crippen LogP contribution in [-0.4, -0.2) is 58.7 Å². The lowest BCUT2D eigenvalue weighted by Crippen LogP contribution is -2.59. The van der Waals surface area contributed by atoms with E-state index in [0.717, 1.165) is 22.0 Å². The number of nitrogens with one attached hydrogen (secondary N) is 3. The van der Waals surface area contributed by atoms with Crippen LogP contribution in [0, 0.1) is 5.41 Å². The maximum atomic E-state index is 12.8. The molecule has 0 spiro atoms. The van der Waals surface area contributed by atoms with Gasteiger partial charge in [0.15, 0.2) is 0 Å². The standard InChI is InChI=1S/C29H39N5O4/c1-18(2)25-15-23-14-21(9-10-22(23)16-30-25)11-12-29(5,6)28(38)31-17-26(36)32-19(3)27(37)34-13-7-8-24(33-34)20(4)35/h9-12,14-16,18-19,24,33H,7-8,13,17H2,1-6H3,(H,31,38)(H,32,36)/b12-11+. The van der Waals surface area contributed by atoms with E-state index in [0.29, 0.717) is 25.3 Å². The molecule has 0 saturated carbocycles. The van der Waals surface area contributed by atoms with Gasteiger partial charge < -0.3 is 10.6 Å². The molecular formula is C29H39N5O4. The van der Waals surface area contributed by atoms with Crippen LogP contribution in [0.2, 0.25) is 0 Å². The van der Waals surface area contributed by atoms with Crippen LogP contribution in [-0.2, 0) is 19.2 Å². The first kappa shape index (κ1) is 29.0. The molecule has 2 aromatic rings. The summed E-state index contributed by atoms with van der Waals surface area (Å²) in [5.41, 5.74) is 4.05. The molecule has 2 unspecified atom stereocenters. The van der Waals surface area contributed by atoms with Gasteiger partial charge in [0.1, 0.15) is 11.8 Å². The van der Waals surface area contributed by atoms with Crippen molar-refractivity contribution < 1.29 is 19.2 Å². The van der Waals surface area contributed by atoms with E-state index in [-0.39, 0.29) is 24.1 Å². The molecule has 1 saturated heterocycles. The number of fused-ring (bicyclic) bond motifs is 1. The number of hydrogen-bond donors (Lipinski definition) is 3. The Labute approximate surface area is 224 Å². The highest BCUT2D eigenvalue weighted by Gasteiger charge is 2.29. The summed E-state index contributed by atoms with van der Waals surface area (Å²) < 4.78 is 0. The summed E-state index contributed by atoms with van der Waals surface area (Å²) in [6.07, 6.45) is 6.97. The maximum Gasteiger partial charge on any atom is 0.258 e. The molecule has 1 aliphatic heterocycles. The Kier molecular flexibility index (Phi) is 9.38. The normalized spacial score (nSPS) is 17.0. The molecule has 9 nitrogen and oxygen atoms in total. The number of ketones is 1. The van der Waals surface area contributed by atoms with Gasteiger partial charge in [-0.2, -0.15) is 0 Å². The Morgan fingerprint density at radius 2 is 1.89 bits per heavy atom.